The minimum absolute atomic E-state index is 0.140. The van der Waals surface area contributed by atoms with Crippen LogP contribution in [-0.2, 0) is 0 Å². The molecule has 112 valence electrons. The van der Waals surface area contributed by atoms with E-state index in [1.54, 1.807) is 13.2 Å². The van der Waals surface area contributed by atoms with Crippen molar-refractivity contribution < 1.29 is 14.9 Å². The van der Waals surface area contributed by atoms with Crippen molar-refractivity contribution in [3.05, 3.63) is 53.6 Å². The Hall–Kier alpha value is -2.68. The van der Waals surface area contributed by atoms with Gasteiger partial charge in [0, 0.05) is 22.1 Å². The van der Waals surface area contributed by atoms with Crippen LogP contribution in [0.25, 0.3) is 21.9 Å². The van der Waals surface area contributed by atoms with Gasteiger partial charge >= 0.3 is 0 Å². The van der Waals surface area contributed by atoms with E-state index in [4.69, 9.17) is 4.74 Å². The summed E-state index contributed by atoms with van der Waals surface area (Å²) in [6, 6.07) is 13.1. The fraction of sp³-hybridized carbons (Fsp3) is 0.158. The number of aromatic hydroxyl groups is 2. The van der Waals surface area contributed by atoms with Crippen molar-refractivity contribution in [3.63, 3.8) is 0 Å². The van der Waals surface area contributed by atoms with Gasteiger partial charge in [-0.3, -0.25) is 0 Å². The summed E-state index contributed by atoms with van der Waals surface area (Å²) in [6.45, 7) is 3.77. The number of rotatable bonds is 2. The largest absolute Gasteiger partial charge is 0.507 e. The van der Waals surface area contributed by atoms with E-state index in [0.29, 0.717) is 11.1 Å². The van der Waals surface area contributed by atoms with Gasteiger partial charge in [0.05, 0.1) is 7.11 Å². The molecule has 0 bridgehead atoms. The number of hydrogen-bond acceptors (Lipinski definition) is 3. The maximum absolute atomic E-state index is 10.6. The lowest BCUT2D eigenvalue weighted by molar-refractivity contribution is 0.406. The Morgan fingerprint density at radius 3 is 2.41 bits per heavy atom. The van der Waals surface area contributed by atoms with Gasteiger partial charge in [0.15, 0.2) is 0 Å². The number of methoxy groups -OCH3 is 1. The lowest BCUT2D eigenvalue weighted by Gasteiger charge is -2.17. The highest BCUT2D eigenvalue weighted by atomic mass is 16.5. The van der Waals surface area contributed by atoms with Gasteiger partial charge in [0.25, 0.3) is 0 Å². The monoisotopic (exact) mass is 294 g/mol. The van der Waals surface area contributed by atoms with Gasteiger partial charge in [-0.2, -0.15) is 0 Å². The summed E-state index contributed by atoms with van der Waals surface area (Å²) in [5.74, 6) is 1.03. The van der Waals surface area contributed by atoms with Crippen molar-refractivity contribution in [2.45, 2.75) is 13.8 Å². The van der Waals surface area contributed by atoms with E-state index in [-0.39, 0.29) is 11.5 Å². The maximum Gasteiger partial charge on any atom is 0.131 e. The molecule has 3 nitrogen and oxygen atoms in total. The average Bonchev–Trinajstić information content (AvgIpc) is 2.50. The molecule has 0 amide bonds. The predicted molar refractivity (Wildman–Crippen MR) is 88.7 cm³/mol. The van der Waals surface area contributed by atoms with Gasteiger partial charge in [-0.15, -0.1) is 0 Å². The topological polar surface area (TPSA) is 49.7 Å². The van der Waals surface area contributed by atoms with Crippen molar-refractivity contribution in [2.24, 2.45) is 0 Å². The highest BCUT2D eigenvalue weighted by Gasteiger charge is 2.18. The van der Waals surface area contributed by atoms with Crippen LogP contribution in [-0.4, -0.2) is 17.3 Å². The number of ether oxygens (including phenoxy) is 1. The van der Waals surface area contributed by atoms with Gasteiger partial charge in [-0.25, -0.2) is 0 Å². The summed E-state index contributed by atoms with van der Waals surface area (Å²) in [6.07, 6.45) is 0. The molecule has 0 aliphatic heterocycles. The first-order valence-corrected chi connectivity index (χ1v) is 7.12. The second-order valence-electron chi connectivity index (χ2n) is 5.43. The third-order valence-corrected chi connectivity index (χ3v) is 4.06. The molecule has 0 saturated carbocycles. The molecule has 3 rings (SSSR count). The quantitative estimate of drug-likeness (QED) is 0.729. The second kappa shape index (κ2) is 5.26. The van der Waals surface area contributed by atoms with Crippen LogP contribution in [0.1, 0.15) is 11.1 Å². The van der Waals surface area contributed by atoms with Gasteiger partial charge in [-0.1, -0.05) is 30.3 Å². The summed E-state index contributed by atoms with van der Waals surface area (Å²) in [5, 5.41) is 22.7. The SMILES string of the molecule is COc1c(C)cc(O)c(-c2ccc3ccccc3c2O)c1C. The predicted octanol–water partition coefficient (Wildman–Crippen LogP) is 4.54. The molecular formula is C19H18O3. The number of fused-ring (bicyclic) bond motifs is 1. The smallest absolute Gasteiger partial charge is 0.131 e. The van der Waals surface area contributed by atoms with E-state index < -0.39 is 0 Å². The molecule has 0 saturated heterocycles. The van der Waals surface area contributed by atoms with Gasteiger partial charge in [-0.05, 0) is 36.9 Å². The number of aryl methyl sites for hydroxylation is 1. The summed E-state index contributed by atoms with van der Waals surface area (Å²) >= 11 is 0. The van der Waals surface area contributed by atoms with Gasteiger partial charge in [0.2, 0.25) is 0 Å². The molecule has 0 spiro atoms. The maximum atomic E-state index is 10.6. The molecule has 0 aromatic heterocycles. The Balaban J connectivity index is 2.35. The molecule has 3 heteroatoms. The lowest BCUT2D eigenvalue weighted by atomic mass is 9.93. The van der Waals surface area contributed by atoms with Crippen molar-refractivity contribution in [1.29, 1.82) is 0 Å². The molecule has 0 aliphatic rings. The van der Waals surface area contributed by atoms with Crippen LogP contribution in [0.2, 0.25) is 0 Å². The summed E-state index contributed by atoms with van der Waals surface area (Å²) in [7, 11) is 1.61. The van der Waals surface area contributed by atoms with Crippen LogP contribution in [0.5, 0.6) is 17.2 Å². The van der Waals surface area contributed by atoms with Crippen LogP contribution in [0, 0.1) is 13.8 Å². The van der Waals surface area contributed by atoms with Gasteiger partial charge in [0.1, 0.15) is 17.2 Å². The molecule has 0 aliphatic carbocycles. The Labute approximate surface area is 129 Å². The molecule has 3 aromatic carbocycles. The average molecular weight is 294 g/mol. The van der Waals surface area contributed by atoms with E-state index in [0.717, 1.165) is 27.6 Å². The standard InChI is InChI=1S/C19H18O3/c1-11-10-16(20)17(12(2)19(11)22-3)15-9-8-13-6-4-5-7-14(13)18(15)21/h4-10,20-21H,1-3H3. The normalized spacial score (nSPS) is 10.9. The summed E-state index contributed by atoms with van der Waals surface area (Å²) in [4.78, 5) is 0. The van der Waals surface area contributed by atoms with E-state index in [1.165, 1.54) is 0 Å². The third kappa shape index (κ3) is 2.06. The summed E-state index contributed by atoms with van der Waals surface area (Å²) in [5.41, 5.74) is 2.88. The van der Waals surface area contributed by atoms with Gasteiger partial charge < -0.3 is 14.9 Å². The number of phenols is 2. The Morgan fingerprint density at radius 2 is 1.68 bits per heavy atom. The zero-order chi connectivity index (χ0) is 15.9. The molecule has 0 atom stereocenters. The van der Waals surface area contributed by atoms with Crippen molar-refractivity contribution >= 4 is 10.8 Å². The van der Waals surface area contributed by atoms with Crippen LogP contribution in [0.15, 0.2) is 42.5 Å². The fourth-order valence-electron chi connectivity index (χ4n) is 3.06. The van der Waals surface area contributed by atoms with Crippen LogP contribution in [0.4, 0.5) is 0 Å². The Bertz CT molecular complexity index is 866. The van der Waals surface area contributed by atoms with E-state index in [1.807, 2.05) is 50.2 Å². The first-order chi connectivity index (χ1) is 10.5. The Kier molecular flexibility index (Phi) is 3.41. The zero-order valence-electron chi connectivity index (χ0n) is 12.8. The molecule has 0 radical (unpaired) electrons. The van der Waals surface area contributed by atoms with E-state index in [2.05, 4.69) is 0 Å². The first kappa shape index (κ1) is 14.3. The first-order valence-electron chi connectivity index (χ1n) is 7.12. The number of benzene rings is 3. The molecule has 0 fully saturated rings. The molecule has 22 heavy (non-hydrogen) atoms. The van der Waals surface area contributed by atoms with E-state index in [9.17, 15) is 10.2 Å². The Morgan fingerprint density at radius 1 is 0.955 bits per heavy atom. The third-order valence-electron chi connectivity index (χ3n) is 4.06. The minimum atomic E-state index is 0.140. The highest BCUT2D eigenvalue weighted by Crippen LogP contribution is 2.45. The lowest BCUT2D eigenvalue weighted by Crippen LogP contribution is -1.95. The molecular weight excluding hydrogens is 276 g/mol. The molecule has 2 N–H and O–H groups in total. The molecule has 0 heterocycles. The van der Waals surface area contributed by atoms with Crippen LogP contribution in [0.3, 0.4) is 0 Å². The van der Waals surface area contributed by atoms with Crippen LogP contribution >= 0.6 is 0 Å². The number of hydrogen-bond donors (Lipinski definition) is 2. The zero-order valence-corrected chi connectivity index (χ0v) is 12.8. The number of phenolic OH excluding ortho intramolecular Hbond substituents is 2. The van der Waals surface area contributed by atoms with Crippen molar-refractivity contribution in [1.82, 2.24) is 0 Å². The van der Waals surface area contributed by atoms with Crippen LogP contribution < -0.4 is 4.74 Å². The van der Waals surface area contributed by atoms with E-state index >= 15 is 0 Å². The minimum Gasteiger partial charge on any atom is -0.507 e. The van der Waals surface area contributed by atoms with Crippen molar-refractivity contribution in [3.8, 4) is 28.4 Å². The fourth-order valence-corrected chi connectivity index (χ4v) is 3.06. The van der Waals surface area contributed by atoms with Crippen molar-refractivity contribution in [2.75, 3.05) is 7.11 Å². The molecule has 3 aromatic rings. The molecule has 0 unspecified atom stereocenters. The summed E-state index contributed by atoms with van der Waals surface area (Å²) < 4.78 is 5.43. The highest BCUT2D eigenvalue weighted by molar-refractivity contribution is 5.96. The second-order valence-corrected chi connectivity index (χ2v) is 5.43.